The van der Waals surface area contributed by atoms with Crippen molar-refractivity contribution in [3.8, 4) is 0 Å². The first-order chi connectivity index (χ1) is 6.20. The van der Waals surface area contributed by atoms with Gasteiger partial charge in [-0.05, 0) is 26.2 Å². The molecule has 0 bridgehead atoms. The van der Waals surface area contributed by atoms with Gasteiger partial charge in [-0.3, -0.25) is 9.59 Å². The first kappa shape index (κ1) is 10.2. The molecule has 13 heavy (non-hydrogen) atoms. The van der Waals surface area contributed by atoms with E-state index in [0.29, 0.717) is 12.8 Å². The molecule has 1 aliphatic carbocycles. The van der Waals surface area contributed by atoms with Gasteiger partial charge in [0.1, 0.15) is 11.6 Å². The van der Waals surface area contributed by atoms with Crippen LogP contribution in [0.3, 0.4) is 0 Å². The number of carbonyl (C=O) groups excluding carboxylic acids is 2. The van der Waals surface area contributed by atoms with Gasteiger partial charge in [-0.2, -0.15) is 0 Å². The Morgan fingerprint density at radius 2 is 2.23 bits per heavy atom. The summed E-state index contributed by atoms with van der Waals surface area (Å²) in [5.41, 5.74) is 0. The zero-order chi connectivity index (χ0) is 9.68. The maximum Gasteiger partial charge on any atom is 0.137 e. The fourth-order valence-electron chi connectivity index (χ4n) is 1.54. The molecule has 2 nitrogen and oxygen atoms in total. The van der Waals surface area contributed by atoms with Crippen molar-refractivity contribution >= 4 is 11.6 Å². The zero-order valence-electron chi connectivity index (χ0n) is 8.08. The van der Waals surface area contributed by atoms with Gasteiger partial charge in [-0.15, -0.1) is 0 Å². The Kier molecular flexibility index (Phi) is 3.87. The van der Waals surface area contributed by atoms with Crippen LogP contribution in [-0.2, 0) is 9.59 Å². The Balaban J connectivity index is 2.63. The summed E-state index contributed by atoms with van der Waals surface area (Å²) in [5, 5.41) is 0. The first-order valence-electron chi connectivity index (χ1n) is 4.89. The lowest BCUT2D eigenvalue weighted by molar-refractivity contribution is -0.125. The molecule has 2 heteroatoms. The molecule has 0 N–H and O–H groups in total. The van der Waals surface area contributed by atoms with Crippen molar-refractivity contribution in [2.75, 3.05) is 0 Å². The molecule has 1 aliphatic rings. The molecule has 0 fully saturated rings. The van der Waals surface area contributed by atoms with E-state index in [9.17, 15) is 9.59 Å². The lowest BCUT2D eigenvalue weighted by Gasteiger charge is -2.05. The van der Waals surface area contributed by atoms with Gasteiger partial charge in [0.2, 0.25) is 0 Å². The first-order valence-corrected chi connectivity index (χ1v) is 4.89. The van der Waals surface area contributed by atoms with E-state index in [1.54, 1.807) is 6.92 Å². The zero-order valence-corrected chi connectivity index (χ0v) is 8.08. The lowest BCUT2D eigenvalue weighted by Crippen LogP contribution is -2.13. The summed E-state index contributed by atoms with van der Waals surface area (Å²) >= 11 is 0. The molecule has 0 aliphatic heterocycles. The van der Waals surface area contributed by atoms with Gasteiger partial charge in [0.25, 0.3) is 0 Å². The van der Waals surface area contributed by atoms with Crippen LogP contribution in [0.2, 0.25) is 0 Å². The molecule has 0 aromatic heterocycles. The minimum atomic E-state index is -0.161. The maximum absolute atomic E-state index is 11.3. The second-order valence-electron chi connectivity index (χ2n) is 3.63. The van der Waals surface area contributed by atoms with Gasteiger partial charge >= 0.3 is 0 Å². The minimum Gasteiger partial charge on any atom is -0.300 e. The van der Waals surface area contributed by atoms with E-state index in [4.69, 9.17) is 0 Å². The van der Waals surface area contributed by atoms with E-state index in [1.807, 2.05) is 12.2 Å². The van der Waals surface area contributed by atoms with E-state index in [2.05, 4.69) is 0 Å². The average Bonchev–Trinajstić information content (AvgIpc) is 2.16. The summed E-state index contributed by atoms with van der Waals surface area (Å²) in [7, 11) is 0. The summed E-state index contributed by atoms with van der Waals surface area (Å²) < 4.78 is 0. The molecule has 0 saturated heterocycles. The number of hydrogen-bond donors (Lipinski definition) is 0. The molecule has 0 heterocycles. The Hall–Kier alpha value is -0.920. The molecular weight excluding hydrogens is 164 g/mol. The largest absolute Gasteiger partial charge is 0.300 e. The van der Waals surface area contributed by atoms with Crippen molar-refractivity contribution < 1.29 is 9.59 Å². The predicted molar refractivity (Wildman–Crippen MR) is 51.4 cm³/mol. The number of carbonyl (C=O) groups is 2. The maximum atomic E-state index is 11.3. The second kappa shape index (κ2) is 4.95. The highest BCUT2D eigenvalue weighted by Crippen LogP contribution is 2.15. The molecule has 72 valence electrons. The smallest absolute Gasteiger partial charge is 0.137 e. The van der Waals surface area contributed by atoms with Gasteiger partial charge in [0, 0.05) is 18.8 Å². The van der Waals surface area contributed by atoms with E-state index in [1.165, 1.54) is 0 Å². The van der Waals surface area contributed by atoms with Crippen molar-refractivity contribution in [2.24, 2.45) is 5.92 Å². The Bertz CT molecular complexity index is 228. The molecule has 0 spiro atoms. The highest BCUT2D eigenvalue weighted by molar-refractivity contribution is 5.87. The van der Waals surface area contributed by atoms with Crippen molar-refractivity contribution in [3.05, 3.63) is 12.2 Å². The van der Waals surface area contributed by atoms with Crippen molar-refractivity contribution in [1.82, 2.24) is 0 Å². The van der Waals surface area contributed by atoms with E-state index in [-0.39, 0.29) is 17.5 Å². The fourth-order valence-corrected chi connectivity index (χ4v) is 1.54. The second-order valence-corrected chi connectivity index (χ2v) is 3.63. The molecule has 0 aromatic carbocycles. The number of rotatable bonds is 1. The summed E-state index contributed by atoms with van der Waals surface area (Å²) in [4.78, 5) is 22.4. The van der Waals surface area contributed by atoms with Gasteiger partial charge < -0.3 is 0 Å². The SMILES string of the molecule is CC(=O)C1/C=C/CCCCC(=O)C1. The quantitative estimate of drug-likeness (QED) is 0.580. The lowest BCUT2D eigenvalue weighted by atomic mass is 9.97. The van der Waals surface area contributed by atoms with Crippen LogP contribution in [0.1, 0.15) is 39.0 Å². The predicted octanol–water partition coefficient (Wildman–Crippen LogP) is 2.28. The summed E-state index contributed by atoms with van der Waals surface area (Å²) in [6, 6.07) is 0. The molecule has 0 saturated carbocycles. The molecule has 0 radical (unpaired) electrons. The summed E-state index contributed by atoms with van der Waals surface area (Å²) in [6.07, 6.45) is 8.01. The molecule has 1 unspecified atom stereocenters. The van der Waals surface area contributed by atoms with Gasteiger partial charge in [-0.1, -0.05) is 12.2 Å². The Morgan fingerprint density at radius 1 is 1.46 bits per heavy atom. The average molecular weight is 180 g/mol. The van der Waals surface area contributed by atoms with E-state index < -0.39 is 0 Å². The van der Waals surface area contributed by atoms with E-state index in [0.717, 1.165) is 19.3 Å². The van der Waals surface area contributed by atoms with Crippen molar-refractivity contribution in [2.45, 2.75) is 39.0 Å². The van der Waals surface area contributed by atoms with Crippen LogP contribution >= 0.6 is 0 Å². The van der Waals surface area contributed by atoms with Crippen LogP contribution < -0.4 is 0 Å². The summed E-state index contributed by atoms with van der Waals surface area (Å²) in [6.45, 7) is 1.56. The summed E-state index contributed by atoms with van der Waals surface area (Å²) in [5.74, 6) is 0.170. The van der Waals surface area contributed by atoms with Crippen LogP contribution in [0.15, 0.2) is 12.2 Å². The molecule has 0 amide bonds. The van der Waals surface area contributed by atoms with Gasteiger partial charge in [-0.25, -0.2) is 0 Å². The Labute approximate surface area is 79.0 Å². The molecular formula is C11H16O2. The minimum absolute atomic E-state index is 0.103. The number of allylic oxidation sites excluding steroid dienone is 2. The fraction of sp³-hybridized carbons (Fsp3) is 0.636. The molecule has 0 aromatic rings. The highest BCUT2D eigenvalue weighted by Gasteiger charge is 2.15. The van der Waals surface area contributed by atoms with Crippen molar-refractivity contribution in [3.63, 3.8) is 0 Å². The van der Waals surface area contributed by atoms with Crippen LogP contribution in [0.4, 0.5) is 0 Å². The standard InChI is InChI=1S/C11H16O2/c1-9(12)10-6-4-2-3-5-7-11(13)8-10/h4,6,10H,2-3,5,7-8H2,1H3/b6-4+. The van der Waals surface area contributed by atoms with Crippen LogP contribution in [-0.4, -0.2) is 11.6 Å². The monoisotopic (exact) mass is 180 g/mol. The molecule has 1 atom stereocenters. The Morgan fingerprint density at radius 3 is 2.92 bits per heavy atom. The van der Waals surface area contributed by atoms with Crippen LogP contribution in [0, 0.1) is 5.92 Å². The molecule has 1 rings (SSSR count). The number of ketones is 2. The third kappa shape index (κ3) is 3.53. The van der Waals surface area contributed by atoms with Gasteiger partial charge in [0.15, 0.2) is 0 Å². The topological polar surface area (TPSA) is 34.1 Å². The van der Waals surface area contributed by atoms with E-state index >= 15 is 0 Å². The third-order valence-corrected chi connectivity index (χ3v) is 2.41. The normalized spacial score (nSPS) is 27.2. The van der Waals surface area contributed by atoms with Crippen molar-refractivity contribution in [1.29, 1.82) is 0 Å². The van der Waals surface area contributed by atoms with Crippen LogP contribution in [0.5, 0.6) is 0 Å². The number of hydrogen-bond acceptors (Lipinski definition) is 2. The van der Waals surface area contributed by atoms with Gasteiger partial charge in [0.05, 0.1) is 0 Å². The van der Waals surface area contributed by atoms with Crippen LogP contribution in [0.25, 0.3) is 0 Å². The number of Topliss-reactive ketones (excluding diaryl/α,β-unsaturated/α-hetero) is 2. The third-order valence-electron chi connectivity index (χ3n) is 2.41. The highest BCUT2D eigenvalue weighted by atomic mass is 16.1.